The SMILES string of the molecule is CC(CCN1CCCCCC1)c1ccc(-c2ccc(F)cc2)cc1. The number of nitrogens with zero attached hydrogens (tertiary/aromatic N) is 1. The van der Waals surface area contributed by atoms with Crippen LogP contribution < -0.4 is 0 Å². The molecule has 0 bridgehead atoms. The first-order chi connectivity index (χ1) is 11.7. The molecule has 128 valence electrons. The molecular formula is C22H28FN. The molecule has 2 aromatic carbocycles. The molecule has 3 rings (SSSR count). The third kappa shape index (κ3) is 4.67. The molecule has 1 atom stereocenters. The van der Waals surface area contributed by atoms with E-state index in [0.717, 1.165) is 11.1 Å². The maximum atomic E-state index is 13.0. The van der Waals surface area contributed by atoms with Crippen molar-refractivity contribution >= 4 is 0 Å². The van der Waals surface area contributed by atoms with Crippen LogP contribution in [0.1, 0.15) is 50.5 Å². The molecule has 1 fully saturated rings. The minimum atomic E-state index is -0.183. The average molecular weight is 325 g/mol. The lowest BCUT2D eigenvalue weighted by Gasteiger charge is -2.22. The minimum absolute atomic E-state index is 0.183. The summed E-state index contributed by atoms with van der Waals surface area (Å²) >= 11 is 0. The molecule has 0 amide bonds. The summed E-state index contributed by atoms with van der Waals surface area (Å²) in [6, 6.07) is 15.5. The van der Waals surface area contributed by atoms with Crippen LogP contribution in [0, 0.1) is 5.82 Å². The van der Waals surface area contributed by atoms with Crippen LogP contribution in [0.4, 0.5) is 4.39 Å². The van der Waals surface area contributed by atoms with Crippen LogP contribution in [-0.2, 0) is 0 Å². The van der Waals surface area contributed by atoms with E-state index in [9.17, 15) is 4.39 Å². The maximum absolute atomic E-state index is 13.0. The molecule has 1 heterocycles. The highest BCUT2D eigenvalue weighted by atomic mass is 19.1. The Balaban J connectivity index is 1.57. The molecule has 0 spiro atoms. The van der Waals surface area contributed by atoms with Crippen LogP contribution in [0.15, 0.2) is 48.5 Å². The first-order valence-electron chi connectivity index (χ1n) is 9.30. The highest BCUT2D eigenvalue weighted by Gasteiger charge is 2.12. The third-order valence-electron chi connectivity index (χ3n) is 5.23. The van der Waals surface area contributed by atoms with E-state index in [0.29, 0.717) is 5.92 Å². The van der Waals surface area contributed by atoms with Crippen molar-refractivity contribution < 1.29 is 4.39 Å². The summed E-state index contributed by atoms with van der Waals surface area (Å²) < 4.78 is 13.0. The van der Waals surface area contributed by atoms with E-state index in [4.69, 9.17) is 0 Å². The normalized spacial score (nSPS) is 17.4. The van der Waals surface area contributed by atoms with E-state index < -0.39 is 0 Å². The van der Waals surface area contributed by atoms with E-state index in [-0.39, 0.29) is 5.82 Å². The highest BCUT2D eigenvalue weighted by molar-refractivity contribution is 5.63. The quantitative estimate of drug-likeness (QED) is 0.665. The van der Waals surface area contributed by atoms with Crippen molar-refractivity contribution in [2.75, 3.05) is 19.6 Å². The van der Waals surface area contributed by atoms with E-state index in [1.807, 2.05) is 12.1 Å². The van der Waals surface area contributed by atoms with Crippen molar-refractivity contribution in [2.45, 2.75) is 44.9 Å². The number of hydrogen-bond donors (Lipinski definition) is 0. The van der Waals surface area contributed by atoms with Crippen LogP contribution in [0.25, 0.3) is 11.1 Å². The van der Waals surface area contributed by atoms with Gasteiger partial charge in [0, 0.05) is 0 Å². The van der Waals surface area contributed by atoms with Crippen LogP contribution >= 0.6 is 0 Å². The molecule has 0 N–H and O–H groups in total. The Kier molecular flexibility index (Phi) is 6.03. The van der Waals surface area contributed by atoms with Gasteiger partial charge in [-0.25, -0.2) is 4.39 Å². The molecule has 2 aromatic rings. The lowest BCUT2D eigenvalue weighted by molar-refractivity contribution is 0.275. The monoisotopic (exact) mass is 325 g/mol. The first-order valence-corrected chi connectivity index (χ1v) is 9.30. The molecular weight excluding hydrogens is 297 g/mol. The molecule has 24 heavy (non-hydrogen) atoms. The van der Waals surface area contributed by atoms with Crippen LogP contribution in [0.2, 0.25) is 0 Å². The fourth-order valence-corrected chi connectivity index (χ4v) is 3.55. The predicted molar refractivity (Wildman–Crippen MR) is 99.8 cm³/mol. The fraction of sp³-hybridized carbons (Fsp3) is 0.455. The zero-order chi connectivity index (χ0) is 16.8. The summed E-state index contributed by atoms with van der Waals surface area (Å²) in [6.07, 6.45) is 6.74. The highest BCUT2D eigenvalue weighted by Crippen LogP contribution is 2.25. The minimum Gasteiger partial charge on any atom is -0.303 e. The van der Waals surface area contributed by atoms with Crippen LogP contribution in [0.5, 0.6) is 0 Å². The van der Waals surface area contributed by atoms with Crippen molar-refractivity contribution in [1.82, 2.24) is 4.90 Å². The Hall–Kier alpha value is -1.67. The molecule has 0 radical (unpaired) electrons. The van der Waals surface area contributed by atoms with E-state index in [1.54, 1.807) is 0 Å². The molecule has 1 nitrogen and oxygen atoms in total. The van der Waals surface area contributed by atoms with Crippen molar-refractivity contribution in [1.29, 1.82) is 0 Å². The maximum Gasteiger partial charge on any atom is 0.123 e. The molecule has 1 aliphatic rings. The molecule has 1 unspecified atom stereocenters. The summed E-state index contributed by atoms with van der Waals surface area (Å²) in [5, 5.41) is 0. The average Bonchev–Trinajstić information content (AvgIpc) is 2.89. The zero-order valence-corrected chi connectivity index (χ0v) is 14.7. The standard InChI is InChI=1S/C22H28FN/c1-18(14-17-24-15-4-2-3-5-16-24)19-6-8-20(9-7-19)21-10-12-22(23)13-11-21/h6-13,18H,2-5,14-17H2,1H3. The fourth-order valence-electron chi connectivity index (χ4n) is 3.55. The van der Waals surface area contributed by atoms with Crippen molar-refractivity contribution in [2.24, 2.45) is 0 Å². The number of rotatable bonds is 5. The van der Waals surface area contributed by atoms with Crippen molar-refractivity contribution in [3.05, 3.63) is 59.9 Å². The molecule has 1 aliphatic heterocycles. The molecule has 0 aromatic heterocycles. The van der Waals surface area contributed by atoms with Gasteiger partial charge in [0.15, 0.2) is 0 Å². The smallest absolute Gasteiger partial charge is 0.123 e. The van der Waals surface area contributed by atoms with Gasteiger partial charge in [-0.2, -0.15) is 0 Å². The summed E-state index contributed by atoms with van der Waals surface area (Å²) in [7, 11) is 0. The predicted octanol–water partition coefficient (Wildman–Crippen LogP) is 5.86. The molecule has 2 heteroatoms. The van der Waals surface area contributed by atoms with Gasteiger partial charge < -0.3 is 4.90 Å². The Morgan fingerprint density at radius 2 is 1.38 bits per heavy atom. The second-order valence-corrected chi connectivity index (χ2v) is 7.07. The Morgan fingerprint density at radius 1 is 0.833 bits per heavy atom. The van der Waals surface area contributed by atoms with Gasteiger partial charge in [-0.15, -0.1) is 0 Å². The van der Waals surface area contributed by atoms with Gasteiger partial charge in [-0.3, -0.25) is 0 Å². The van der Waals surface area contributed by atoms with Gasteiger partial charge in [0.05, 0.1) is 0 Å². The molecule has 0 aliphatic carbocycles. The van der Waals surface area contributed by atoms with Gasteiger partial charge in [0.2, 0.25) is 0 Å². The number of halogens is 1. The number of hydrogen-bond acceptors (Lipinski definition) is 1. The van der Waals surface area contributed by atoms with Crippen LogP contribution in [0.3, 0.4) is 0 Å². The van der Waals surface area contributed by atoms with Gasteiger partial charge >= 0.3 is 0 Å². The Morgan fingerprint density at radius 3 is 1.96 bits per heavy atom. The summed E-state index contributed by atoms with van der Waals surface area (Å²) in [5.74, 6) is 0.396. The first kappa shape index (κ1) is 17.2. The van der Waals surface area contributed by atoms with E-state index in [1.165, 1.54) is 69.4 Å². The van der Waals surface area contributed by atoms with E-state index in [2.05, 4.69) is 36.1 Å². The number of likely N-dealkylation sites (tertiary alicyclic amines) is 1. The Labute approximate surface area is 145 Å². The largest absolute Gasteiger partial charge is 0.303 e. The second-order valence-electron chi connectivity index (χ2n) is 7.07. The van der Waals surface area contributed by atoms with Gasteiger partial charge in [-0.05, 0) is 73.6 Å². The number of benzene rings is 2. The van der Waals surface area contributed by atoms with Crippen LogP contribution in [-0.4, -0.2) is 24.5 Å². The van der Waals surface area contributed by atoms with E-state index >= 15 is 0 Å². The van der Waals surface area contributed by atoms with Gasteiger partial charge in [0.1, 0.15) is 5.82 Å². The lowest BCUT2D eigenvalue weighted by Crippen LogP contribution is -2.26. The summed E-state index contributed by atoms with van der Waals surface area (Å²) in [6.45, 7) is 6.08. The Bertz CT molecular complexity index is 609. The topological polar surface area (TPSA) is 3.24 Å². The van der Waals surface area contributed by atoms with Gasteiger partial charge in [-0.1, -0.05) is 56.2 Å². The van der Waals surface area contributed by atoms with Crippen molar-refractivity contribution in [3.8, 4) is 11.1 Å². The molecule has 1 saturated heterocycles. The molecule has 0 saturated carbocycles. The zero-order valence-electron chi connectivity index (χ0n) is 14.7. The summed E-state index contributed by atoms with van der Waals surface area (Å²) in [5.41, 5.74) is 3.62. The third-order valence-corrected chi connectivity index (χ3v) is 5.23. The second kappa shape index (κ2) is 8.43. The lowest BCUT2D eigenvalue weighted by atomic mass is 9.95. The summed E-state index contributed by atoms with van der Waals surface area (Å²) in [4.78, 5) is 2.64. The van der Waals surface area contributed by atoms with Gasteiger partial charge in [0.25, 0.3) is 0 Å². The van der Waals surface area contributed by atoms with Crippen molar-refractivity contribution in [3.63, 3.8) is 0 Å².